The van der Waals surface area contributed by atoms with Crippen LogP contribution in [0.4, 0.5) is 8.78 Å². The zero-order chi connectivity index (χ0) is 9.30. The smallest absolute Gasteiger partial charge is 0.267 e. The molecule has 0 aliphatic rings. The molecule has 1 heterocycles. The van der Waals surface area contributed by atoms with Gasteiger partial charge in [-0.2, -0.15) is 0 Å². The number of pyridine rings is 1. The van der Waals surface area contributed by atoms with Crippen molar-refractivity contribution in [3.8, 4) is 0 Å². The van der Waals surface area contributed by atoms with E-state index in [2.05, 4.69) is 4.98 Å². The molecule has 0 saturated heterocycles. The molecule has 0 bridgehead atoms. The van der Waals surface area contributed by atoms with Gasteiger partial charge in [0.2, 0.25) is 5.56 Å². The first-order valence-corrected chi connectivity index (χ1v) is 4.34. The third kappa shape index (κ3) is 1.95. The maximum atomic E-state index is 12.2. The molecule has 0 aliphatic carbocycles. The maximum absolute atomic E-state index is 12.2. The molecule has 0 spiro atoms. The molecule has 0 atom stereocenters. The molecule has 1 rings (SSSR count). The molecular weight excluding hydrogens is 302 g/mol. The van der Waals surface area contributed by atoms with Crippen LogP contribution >= 0.6 is 34.2 Å². The highest BCUT2D eigenvalue weighted by atomic mass is 127. The number of nitrogens with one attached hydrogen (secondary N) is 1. The summed E-state index contributed by atoms with van der Waals surface area (Å²) in [6, 6.07) is 0.936. The molecule has 0 aromatic carbocycles. The summed E-state index contributed by atoms with van der Waals surface area (Å²) in [5.74, 6) is 0. The van der Waals surface area contributed by atoms with Gasteiger partial charge in [-0.05, 0) is 22.6 Å². The quantitative estimate of drug-likeness (QED) is 0.628. The minimum absolute atomic E-state index is 0.0834. The van der Waals surface area contributed by atoms with Crippen LogP contribution in [0, 0.1) is 3.70 Å². The zero-order valence-corrected chi connectivity index (χ0v) is 8.49. The van der Waals surface area contributed by atoms with E-state index < -0.39 is 12.0 Å². The molecule has 1 aromatic rings. The lowest BCUT2D eigenvalue weighted by Crippen LogP contribution is -2.09. The third-order valence-electron chi connectivity index (χ3n) is 1.20. The Morgan fingerprint density at radius 3 is 2.58 bits per heavy atom. The predicted octanol–water partition coefficient (Wildman–Crippen LogP) is 2.57. The fourth-order valence-corrected chi connectivity index (χ4v) is 1.94. The molecule has 0 aliphatic heterocycles. The zero-order valence-electron chi connectivity index (χ0n) is 5.57. The van der Waals surface area contributed by atoms with E-state index >= 15 is 0 Å². The minimum Gasteiger partial charge on any atom is -0.317 e. The molecule has 0 unspecified atom stereocenters. The first-order valence-electron chi connectivity index (χ1n) is 2.88. The number of aromatic amines is 1. The summed E-state index contributed by atoms with van der Waals surface area (Å²) < 4.78 is 24.5. The van der Waals surface area contributed by atoms with Gasteiger partial charge in [0.05, 0.1) is 14.3 Å². The Hall–Kier alpha value is -0.170. The van der Waals surface area contributed by atoms with Crippen LogP contribution in [-0.4, -0.2) is 4.98 Å². The van der Waals surface area contributed by atoms with Gasteiger partial charge in [-0.25, -0.2) is 8.78 Å². The van der Waals surface area contributed by atoms with Crippen molar-refractivity contribution in [3.63, 3.8) is 0 Å². The molecule has 2 nitrogen and oxygen atoms in total. The number of halogens is 4. The van der Waals surface area contributed by atoms with Gasteiger partial charge in [-0.1, -0.05) is 11.6 Å². The average molecular weight is 305 g/mol. The number of H-pyrrole nitrogens is 1. The third-order valence-corrected chi connectivity index (χ3v) is 2.37. The van der Waals surface area contributed by atoms with Crippen LogP contribution in [0.5, 0.6) is 0 Å². The van der Waals surface area contributed by atoms with Crippen LogP contribution in [0.2, 0.25) is 5.02 Å². The fourth-order valence-electron chi connectivity index (χ4n) is 0.709. The van der Waals surface area contributed by atoms with Crippen LogP contribution < -0.4 is 5.56 Å². The van der Waals surface area contributed by atoms with Crippen LogP contribution in [0.25, 0.3) is 0 Å². The number of aromatic nitrogens is 1. The van der Waals surface area contributed by atoms with Gasteiger partial charge in [-0.15, -0.1) is 0 Å². The highest BCUT2D eigenvalue weighted by Gasteiger charge is 2.16. The van der Waals surface area contributed by atoms with Crippen molar-refractivity contribution >= 4 is 34.2 Å². The molecule has 0 fully saturated rings. The molecule has 0 radical (unpaired) electrons. The summed E-state index contributed by atoms with van der Waals surface area (Å²) >= 11 is 7.03. The molecule has 0 saturated carbocycles. The molecule has 66 valence electrons. The van der Waals surface area contributed by atoms with E-state index in [1.54, 1.807) is 22.6 Å². The van der Waals surface area contributed by atoms with Crippen molar-refractivity contribution in [2.75, 3.05) is 0 Å². The highest BCUT2D eigenvalue weighted by Crippen LogP contribution is 2.28. The predicted molar refractivity (Wildman–Crippen MR) is 49.7 cm³/mol. The molecule has 1 N–H and O–H groups in total. The standard InChI is InChI=1S/C6H3ClF2INO/c7-2-1-3(12)11-6(10)4(2)5(8)9/h1,5H,(H,11,12). The van der Waals surface area contributed by atoms with Gasteiger partial charge in [0, 0.05) is 6.07 Å². The first-order chi connectivity index (χ1) is 5.52. The lowest BCUT2D eigenvalue weighted by atomic mass is 10.3. The Morgan fingerprint density at radius 1 is 1.58 bits per heavy atom. The first kappa shape index (κ1) is 9.91. The Bertz CT molecular complexity index is 326. The van der Waals surface area contributed by atoms with E-state index in [0.717, 1.165) is 6.07 Å². The van der Waals surface area contributed by atoms with E-state index in [1.807, 2.05) is 0 Å². The van der Waals surface area contributed by atoms with Crippen LogP contribution in [-0.2, 0) is 0 Å². The second-order valence-electron chi connectivity index (χ2n) is 2.01. The van der Waals surface area contributed by atoms with E-state index in [4.69, 9.17) is 11.6 Å². The van der Waals surface area contributed by atoms with E-state index in [1.165, 1.54) is 0 Å². The monoisotopic (exact) mass is 305 g/mol. The maximum Gasteiger partial charge on any atom is 0.267 e. The second-order valence-corrected chi connectivity index (χ2v) is 3.50. The van der Waals surface area contributed by atoms with Gasteiger partial charge in [-0.3, -0.25) is 4.79 Å². The topological polar surface area (TPSA) is 32.9 Å². The second kappa shape index (κ2) is 3.69. The van der Waals surface area contributed by atoms with Gasteiger partial charge in [0.15, 0.2) is 0 Å². The fraction of sp³-hybridized carbons (Fsp3) is 0.167. The Morgan fingerprint density at radius 2 is 2.17 bits per heavy atom. The van der Waals surface area contributed by atoms with Crippen molar-refractivity contribution in [1.29, 1.82) is 0 Å². The van der Waals surface area contributed by atoms with Gasteiger partial charge < -0.3 is 4.98 Å². The molecule has 0 amide bonds. The summed E-state index contributed by atoms with van der Waals surface area (Å²) in [5.41, 5.74) is -0.800. The highest BCUT2D eigenvalue weighted by molar-refractivity contribution is 14.1. The van der Waals surface area contributed by atoms with Gasteiger partial charge >= 0.3 is 0 Å². The number of rotatable bonds is 1. The van der Waals surface area contributed by atoms with Crippen molar-refractivity contribution in [2.45, 2.75) is 6.43 Å². The summed E-state index contributed by atoms with van der Waals surface area (Å²) in [6.45, 7) is 0. The minimum atomic E-state index is -2.67. The van der Waals surface area contributed by atoms with Crippen LogP contribution in [0.1, 0.15) is 12.0 Å². The van der Waals surface area contributed by atoms with Crippen LogP contribution in [0.3, 0.4) is 0 Å². The Balaban J connectivity index is 3.38. The lowest BCUT2D eigenvalue weighted by molar-refractivity contribution is 0.150. The lowest BCUT2D eigenvalue weighted by Gasteiger charge is -2.03. The van der Waals surface area contributed by atoms with Crippen LogP contribution in [0.15, 0.2) is 10.9 Å². The molecular formula is C6H3ClF2INO. The number of alkyl halides is 2. The van der Waals surface area contributed by atoms with E-state index in [0.29, 0.717) is 0 Å². The largest absolute Gasteiger partial charge is 0.317 e. The van der Waals surface area contributed by atoms with Crippen molar-refractivity contribution in [1.82, 2.24) is 4.98 Å². The van der Waals surface area contributed by atoms with Gasteiger partial charge in [0.25, 0.3) is 6.43 Å². The average Bonchev–Trinajstić information content (AvgIpc) is 1.82. The molecule has 1 aromatic heterocycles. The van der Waals surface area contributed by atoms with Crippen molar-refractivity contribution in [2.24, 2.45) is 0 Å². The normalized spacial score (nSPS) is 10.8. The number of hydrogen-bond donors (Lipinski definition) is 1. The van der Waals surface area contributed by atoms with Gasteiger partial charge in [0.1, 0.15) is 0 Å². The van der Waals surface area contributed by atoms with Crippen molar-refractivity contribution in [3.05, 3.63) is 30.7 Å². The van der Waals surface area contributed by atoms with E-state index in [9.17, 15) is 13.6 Å². The Kier molecular flexibility index (Phi) is 3.05. The summed E-state index contributed by atoms with van der Waals surface area (Å²) in [4.78, 5) is 12.9. The van der Waals surface area contributed by atoms with Crippen molar-refractivity contribution < 1.29 is 8.78 Å². The summed E-state index contributed by atoms with van der Waals surface area (Å²) in [5, 5.41) is -0.196. The SMILES string of the molecule is O=c1cc(Cl)c(C(F)F)c(I)[nH]1. The Labute approximate surface area is 85.1 Å². The van der Waals surface area contributed by atoms with E-state index in [-0.39, 0.29) is 14.3 Å². The molecule has 12 heavy (non-hydrogen) atoms. The summed E-state index contributed by atoms with van der Waals surface area (Å²) in [7, 11) is 0. The number of hydrogen-bond acceptors (Lipinski definition) is 1. The molecule has 6 heteroatoms. The summed E-state index contributed by atoms with van der Waals surface area (Å²) in [6.07, 6.45) is -2.67.